The normalized spacial score (nSPS) is 49.3. The number of aliphatic hydroxyl groups excluding tert-OH is 6. The Morgan fingerprint density at radius 1 is 0.880 bits per heavy atom. The lowest BCUT2D eigenvalue weighted by molar-refractivity contribution is -0.361. The van der Waals surface area contributed by atoms with Gasteiger partial charge in [0.2, 0.25) is 0 Å². The van der Waals surface area contributed by atoms with Crippen molar-refractivity contribution in [2.24, 2.45) is 52.3 Å². The maximum atomic E-state index is 10.9. The fourth-order valence-corrected chi connectivity index (χ4v) is 11.5. The molecule has 0 bridgehead atoms. The van der Waals surface area contributed by atoms with Crippen molar-refractivity contribution in [3.63, 3.8) is 0 Å². The second kappa shape index (κ2) is 15.4. The maximum absolute atomic E-state index is 10.9. The van der Waals surface area contributed by atoms with Crippen LogP contribution in [0.2, 0.25) is 0 Å². The number of hydrogen-bond acceptors (Lipinski definition) is 10. The minimum atomic E-state index is -1.65. The topological polar surface area (TPSA) is 158 Å². The van der Waals surface area contributed by atoms with Crippen molar-refractivity contribution in [1.82, 2.24) is 0 Å². The van der Waals surface area contributed by atoms with Gasteiger partial charge < -0.3 is 49.6 Å². The van der Waals surface area contributed by atoms with Gasteiger partial charge in [0.05, 0.1) is 19.3 Å². The van der Waals surface area contributed by atoms with Crippen molar-refractivity contribution in [3.8, 4) is 0 Å². The Bertz CT molecular complexity index is 1210. The molecule has 0 spiro atoms. The van der Waals surface area contributed by atoms with Gasteiger partial charge in [-0.05, 0) is 110 Å². The van der Waals surface area contributed by atoms with Crippen LogP contribution in [0.1, 0.15) is 99.3 Å². The van der Waals surface area contributed by atoms with Gasteiger partial charge in [0.1, 0.15) is 42.7 Å². The Labute approximate surface area is 299 Å². The van der Waals surface area contributed by atoms with Crippen LogP contribution in [-0.2, 0) is 18.9 Å². The zero-order valence-corrected chi connectivity index (χ0v) is 31.1. The SMILES string of the molecule is CC[C@H](/C=C/[C@@H](C)[C@H]1CC[C@H]2[C@@H]3CC=C4C[C@@H](OC5OC[C@@H](O)[C@H](O)[C@H]5O[C@@H]5O[C@H](CO)[C@@H](O)[C@H](O)[C@H]5O)CC[C@]4(C)[C@H]3CC[C@]12C)C(C)C. The molecule has 5 fully saturated rings. The third kappa shape index (κ3) is 7.05. The molecular formula is C40H66O10. The monoisotopic (exact) mass is 706 g/mol. The fourth-order valence-electron chi connectivity index (χ4n) is 11.5. The molecule has 10 heteroatoms. The summed E-state index contributed by atoms with van der Waals surface area (Å²) in [6.45, 7) is 13.8. The van der Waals surface area contributed by atoms with Gasteiger partial charge in [-0.25, -0.2) is 0 Å². The second-order valence-electron chi connectivity index (χ2n) is 17.6. The molecule has 2 aliphatic heterocycles. The average molecular weight is 707 g/mol. The van der Waals surface area contributed by atoms with Crippen LogP contribution < -0.4 is 0 Å². The molecule has 3 saturated carbocycles. The number of aliphatic hydroxyl groups is 6. The zero-order valence-electron chi connectivity index (χ0n) is 31.1. The minimum absolute atomic E-state index is 0.120. The van der Waals surface area contributed by atoms with Crippen LogP contribution in [0.25, 0.3) is 0 Å². The van der Waals surface area contributed by atoms with Gasteiger partial charge in [-0.15, -0.1) is 0 Å². The molecule has 50 heavy (non-hydrogen) atoms. The molecule has 6 rings (SSSR count). The van der Waals surface area contributed by atoms with Gasteiger partial charge in [-0.2, -0.15) is 0 Å². The highest BCUT2D eigenvalue weighted by Crippen LogP contribution is 2.67. The van der Waals surface area contributed by atoms with Gasteiger partial charge >= 0.3 is 0 Å². The number of rotatable bonds is 10. The van der Waals surface area contributed by atoms with Gasteiger partial charge in [0, 0.05) is 0 Å². The van der Waals surface area contributed by atoms with Crippen molar-refractivity contribution < 1.29 is 49.6 Å². The van der Waals surface area contributed by atoms with E-state index in [0.717, 1.165) is 37.5 Å². The van der Waals surface area contributed by atoms with Crippen molar-refractivity contribution in [3.05, 3.63) is 23.8 Å². The molecular weight excluding hydrogens is 640 g/mol. The van der Waals surface area contributed by atoms with Gasteiger partial charge in [0.25, 0.3) is 0 Å². The first-order valence-electron chi connectivity index (χ1n) is 19.7. The summed E-state index contributed by atoms with van der Waals surface area (Å²) in [5.41, 5.74) is 1.95. The number of hydrogen-bond donors (Lipinski definition) is 6. The van der Waals surface area contributed by atoms with Gasteiger partial charge in [-0.3, -0.25) is 0 Å². The highest BCUT2D eigenvalue weighted by Gasteiger charge is 2.59. The summed E-state index contributed by atoms with van der Waals surface area (Å²) in [5, 5.41) is 62.0. The minimum Gasteiger partial charge on any atom is -0.394 e. The molecule has 0 aromatic rings. The van der Waals surface area contributed by atoms with Crippen molar-refractivity contribution in [1.29, 1.82) is 0 Å². The van der Waals surface area contributed by atoms with Crippen LogP contribution in [0.15, 0.2) is 23.8 Å². The van der Waals surface area contributed by atoms with Crippen LogP contribution in [0.5, 0.6) is 0 Å². The first kappa shape index (κ1) is 38.8. The molecule has 18 atom stereocenters. The summed E-state index contributed by atoms with van der Waals surface area (Å²) >= 11 is 0. The van der Waals surface area contributed by atoms with Crippen molar-refractivity contribution in [2.45, 2.75) is 161 Å². The van der Waals surface area contributed by atoms with Gasteiger partial charge in [-0.1, -0.05) is 65.3 Å². The van der Waals surface area contributed by atoms with E-state index < -0.39 is 61.9 Å². The number of fused-ring (bicyclic) bond motifs is 5. The van der Waals surface area contributed by atoms with E-state index in [1.54, 1.807) is 0 Å². The Morgan fingerprint density at radius 3 is 2.34 bits per heavy atom. The molecule has 6 N–H and O–H groups in total. The molecule has 10 nitrogen and oxygen atoms in total. The van der Waals surface area contributed by atoms with Crippen molar-refractivity contribution >= 4 is 0 Å². The summed E-state index contributed by atoms with van der Waals surface area (Å²) < 4.78 is 23.8. The summed E-state index contributed by atoms with van der Waals surface area (Å²) in [5.74, 6) is 4.78. The summed E-state index contributed by atoms with van der Waals surface area (Å²) in [7, 11) is 0. The molecule has 0 amide bonds. The lowest BCUT2D eigenvalue weighted by Crippen LogP contribution is -2.63. The van der Waals surface area contributed by atoms with Crippen LogP contribution in [0.4, 0.5) is 0 Å². The Kier molecular flexibility index (Phi) is 12.0. The standard InChI is InChI=1S/C40H66O10/c1-7-23(21(2)3)9-8-22(4)27-12-13-28-26-11-10-24-18-25(14-16-39(24,5)29(26)15-17-40(27,28)6)48-38-36(32(43)30(42)20-47-38)50-37-35(46)34(45)33(44)31(19-41)49-37/h8-10,21-23,25-38,41-46H,7,11-20H2,1-6H3/b9-8+/t22-,23-,25+,26+,27-,28+,29+,30-,31-,32+,33-,34+,35-,36-,37+,38?,39+,40-/m1/s1. The van der Waals surface area contributed by atoms with E-state index in [4.69, 9.17) is 18.9 Å². The van der Waals surface area contributed by atoms with E-state index in [9.17, 15) is 30.6 Å². The number of allylic oxidation sites excluding steroid dienone is 3. The summed E-state index contributed by atoms with van der Waals surface area (Å²) in [4.78, 5) is 0. The molecule has 0 aromatic carbocycles. The lowest BCUT2D eigenvalue weighted by atomic mass is 9.47. The van der Waals surface area contributed by atoms with Crippen LogP contribution >= 0.6 is 0 Å². The Hall–Kier alpha value is -0.920. The first-order valence-corrected chi connectivity index (χ1v) is 19.7. The van der Waals surface area contributed by atoms with Crippen LogP contribution in [0.3, 0.4) is 0 Å². The highest BCUT2D eigenvalue weighted by molar-refractivity contribution is 5.26. The zero-order chi connectivity index (χ0) is 36.1. The third-order valence-corrected chi connectivity index (χ3v) is 14.7. The maximum Gasteiger partial charge on any atom is 0.187 e. The summed E-state index contributed by atoms with van der Waals surface area (Å²) in [6.07, 6.45) is 5.05. The smallest absolute Gasteiger partial charge is 0.187 e. The largest absolute Gasteiger partial charge is 0.394 e. The molecule has 286 valence electrons. The Morgan fingerprint density at radius 2 is 1.64 bits per heavy atom. The van der Waals surface area contributed by atoms with E-state index in [1.165, 1.54) is 37.7 Å². The first-order chi connectivity index (χ1) is 23.7. The van der Waals surface area contributed by atoms with Crippen LogP contribution in [0, 0.1) is 52.3 Å². The van der Waals surface area contributed by atoms with E-state index in [1.807, 2.05) is 0 Å². The second-order valence-corrected chi connectivity index (χ2v) is 17.6. The van der Waals surface area contributed by atoms with Gasteiger partial charge in [0.15, 0.2) is 12.6 Å². The highest BCUT2D eigenvalue weighted by atomic mass is 16.8. The predicted octanol–water partition coefficient (Wildman–Crippen LogP) is 4.09. The van der Waals surface area contributed by atoms with Crippen molar-refractivity contribution in [2.75, 3.05) is 13.2 Å². The third-order valence-electron chi connectivity index (χ3n) is 14.7. The summed E-state index contributed by atoms with van der Waals surface area (Å²) in [6, 6.07) is 0. The lowest BCUT2D eigenvalue weighted by Gasteiger charge is -2.58. The number of ether oxygens (including phenoxy) is 4. The molecule has 0 radical (unpaired) electrons. The average Bonchev–Trinajstić information content (AvgIpc) is 3.45. The molecule has 4 aliphatic carbocycles. The molecule has 2 heterocycles. The van der Waals surface area contributed by atoms with E-state index in [2.05, 4.69) is 59.8 Å². The molecule has 1 unspecified atom stereocenters. The molecule has 0 aromatic heterocycles. The quantitative estimate of drug-likeness (QED) is 0.183. The molecule has 6 aliphatic rings. The van der Waals surface area contributed by atoms with Crippen LogP contribution in [-0.4, -0.2) is 105 Å². The van der Waals surface area contributed by atoms with E-state index in [0.29, 0.717) is 35.0 Å². The predicted molar refractivity (Wildman–Crippen MR) is 187 cm³/mol. The molecule has 2 saturated heterocycles. The Balaban J connectivity index is 1.12. The fraction of sp³-hybridized carbons (Fsp3) is 0.900. The van der Waals surface area contributed by atoms with E-state index >= 15 is 0 Å². The van der Waals surface area contributed by atoms with E-state index in [-0.39, 0.29) is 18.1 Å².